The number of nitrogens with one attached hydrogen (secondary N) is 1. The van der Waals surface area contributed by atoms with E-state index in [4.69, 9.17) is 9.84 Å². The largest absolute Gasteiger partial charge is 0.496 e. The number of aliphatic hydroxyl groups is 1. The highest BCUT2D eigenvalue weighted by molar-refractivity contribution is 5.43. The summed E-state index contributed by atoms with van der Waals surface area (Å²) in [6, 6.07) is 5.01. The summed E-state index contributed by atoms with van der Waals surface area (Å²) in [5.74, 6) is 1.52. The van der Waals surface area contributed by atoms with Crippen molar-refractivity contribution in [3.8, 4) is 5.75 Å². The Labute approximate surface area is 122 Å². The Morgan fingerprint density at radius 3 is 2.25 bits per heavy atom. The smallest absolute Gasteiger partial charge is 0.124 e. The summed E-state index contributed by atoms with van der Waals surface area (Å²) in [6.45, 7) is 5.47. The van der Waals surface area contributed by atoms with Crippen molar-refractivity contribution in [3.63, 3.8) is 0 Å². The second-order valence-corrected chi connectivity index (χ2v) is 6.04. The van der Waals surface area contributed by atoms with Gasteiger partial charge in [-0.05, 0) is 62.1 Å². The molecule has 2 N–H and O–H groups in total. The Morgan fingerprint density at radius 1 is 1.15 bits per heavy atom. The Morgan fingerprint density at radius 2 is 1.75 bits per heavy atom. The number of benzene rings is 1. The minimum Gasteiger partial charge on any atom is -0.496 e. The lowest BCUT2D eigenvalue weighted by molar-refractivity contribution is 0.175. The zero-order valence-electron chi connectivity index (χ0n) is 12.9. The van der Waals surface area contributed by atoms with Gasteiger partial charge >= 0.3 is 0 Å². The Balaban J connectivity index is 1.88. The first-order valence-corrected chi connectivity index (χ1v) is 7.62. The van der Waals surface area contributed by atoms with E-state index in [2.05, 4.69) is 31.3 Å². The molecule has 0 bridgehead atoms. The summed E-state index contributed by atoms with van der Waals surface area (Å²) >= 11 is 0. The number of ether oxygens (including phenoxy) is 1. The summed E-state index contributed by atoms with van der Waals surface area (Å²) in [7, 11) is 1.73. The van der Waals surface area contributed by atoms with Crippen molar-refractivity contribution in [2.24, 2.45) is 5.92 Å². The van der Waals surface area contributed by atoms with E-state index in [0.29, 0.717) is 18.6 Å². The standard InChI is InChI=1S/C17H27NO2/c1-12-8-15(9-13(2)17(12)20-3)10-18-16-6-4-14(11-19)5-7-16/h8-9,14,16,18-19H,4-7,10-11H2,1-3H3. The predicted molar refractivity (Wildman–Crippen MR) is 82.1 cm³/mol. The maximum absolute atomic E-state index is 9.16. The summed E-state index contributed by atoms with van der Waals surface area (Å²) in [6.07, 6.45) is 4.66. The topological polar surface area (TPSA) is 41.5 Å². The van der Waals surface area contributed by atoms with Gasteiger partial charge in [0.05, 0.1) is 7.11 Å². The lowest BCUT2D eigenvalue weighted by Gasteiger charge is -2.28. The van der Waals surface area contributed by atoms with Crippen molar-refractivity contribution in [2.45, 2.75) is 52.1 Å². The number of hydrogen-bond acceptors (Lipinski definition) is 3. The van der Waals surface area contributed by atoms with Gasteiger partial charge in [-0.1, -0.05) is 12.1 Å². The monoisotopic (exact) mass is 277 g/mol. The first-order chi connectivity index (χ1) is 9.63. The third-order valence-electron chi connectivity index (χ3n) is 4.42. The molecule has 20 heavy (non-hydrogen) atoms. The van der Waals surface area contributed by atoms with Crippen molar-refractivity contribution in [1.82, 2.24) is 5.32 Å². The number of aliphatic hydroxyl groups excluding tert-OH is 1. The van der Waals surface area contributed by atoms with E-state index in [1.165, 1.54) is 29.5 Å². The molecule has 1 fully saturated rings. The first-order valence-electron chi connectivity index (χ1n) is 7.62. The van der Waals surface area contributed by atoms with E-state index < -0.39 is 0 Å². The minimum atomic E-state index is 0.351. The van der Waals surface area contributed by atoms with Gasteiger partial charge in [0.2, 0.25) is 0 Å². The van der Waals surface area contributed by atoms with Crippen molar-refractivity contribution in [3.05, 3.63) is 28.8 Å². The molecule has 0 radical (unpaired) electrons. The number of rotatable bonds is 5. The van der Waals surface area contributed by atoms with Crippen LogP contribution in [0.15, 0.2) is 12.1 Å². The molecule has 2 rings (SSSR count). The summed E-state index contributed by atoms with van der Waals surface area (Å²) in [4.78, 5) is 0. The van der Waals surface area contributed by atoms with Crippen LogP contribution < -0.4 is 10.1 Å². The molecule has 0 aromatic heterocycles. The number of aryl methyl sites for hydroxylation is 2. The molecule has 1 aliphatic carbocycles. The molecule has 0 amide bonds. The quantitative estimate of drug-likeness (QED) is 0.869. The Bertz CT molecular complexity index is 414. The fraction of sp³-hybridized carbons (Fsp3) is 0.647. The highest BCUT2D eigenvalue weighted by Gasteiger charge is 2.20. The third kappa shape index (κ3) is 3.74. The summed E-state index contributed by atoms with van der Waals surface area (Å²) in [5, 5.41) is 12.8. The van der Waals surface area contributed by atoms with Crippen LogP contribution in [0.3, 0.4) is 0 Å². The maximum Gasteiger partial charge on any atom is 0.124 e. The van der Waals surface area contributed by atoms with Gasteiger partial charge in [-0.25, -0.2) is 0 Å². The van der Waals surface area contributed by atoms with Crippen molar-refractivity contribution < 1.29 is 9.84 Å². The lowest BCUT2D eigenvalue weighted by Crippen LogP contribution is -2.33. The highest BCUT2D eigenvalue weighted by atomic mass is 16.5. The van der Waals surface area contributed by atoms with Gasteiger partial charge in [-0.3, -0.25) is 0 Å². The highest BCUT2D eigenvalue weighted by Crippen LogP contribution is 2.26. The van der Waals surface area contributed by atoms with Crippen molar-refractivity contribution in [2.75, 3.05) is 13.7 Å². The molecule has 1 aromatic carbocycles. The van der Waals surface area contributed by atoms with Crippen LogP contribution in [0.2, 0.25) is 0 Å². The fourth-order valence-corrected chi connectivity index (χ4v) is 3.28. The van der Waals surface area contributed by atoms with Crippen LogP contribution in [-0.2, 0) is 6.54 Å². The first kappa shape index (κ1) is 15.3. The van der Waals surface area contributed by atoms with Crippen LogP contribution >= 0.6 is 0 Å². The fourth-order valence-electron chi connectivity index (χ4n) is 3.28. The molecule has 0 spiro atoms. The molecule has 112 valence electrons. The molecule has 1 saturated carbocycles. The van der Waals surface area contributed by atoms with Crippen LogP contribution in [0.4, 0.5) is 0 Å². The van der Waals surface area contributed by atoms with E-state index in [0.717, 1.165) is 25.1 Å². The van der Waals surface area contributed by atoms with Crippen LogP contribution in [0, 0.1) is 19.8 Å². The van der Waals surface area contributed by atoms with Gasteiger partial charge < -0.3 is 15.2 Å². The second kappa shape index (κ2) is 7.09. The third-order valence-corrected chi connectivity index (χ3v) is 4.42. The average Bonchev–Trinajstić information content (AvgIpc) is 2.45. The summed E-state index contributed by atoms with van der Waals surface area (Å²) < 4.78 is 5.41. The zero-order valence-corrected chi connectivity index (χ0v) is 12.9. The maximum atomic E-state index is 9.16. The van der Waals surface area contributed by atoms with Gasteiger partial charge in [-0.2, -0.15) is 0 Å². The van der Waals surface area contributed by atoms with Gasteiger partial charge in [0.25, 0.3) is 0 Å². The molecule has 0 heterocycles. The summed E-state index contributed by atoms with van der Waals surface area (Å²) in [5.41, 5.74) is 3.73. The Hall–Kier alpha value is -1.06. The molecule has 0 atom stereocenters. The van der Waals surface area contributed by atoms with E-state index in [-0.39, 0.29) is 0 Å². The molecule has 3 heteroatoms. The molecule has 1 aliphatic rings. The zero-order chi connectivity index (χ0) is 14.5. The number of methoxy groups -OCH3 is 1. The molecule has 0 saturated heterocycles. The second-order valence-electron chi connectivity index (χ2n) is 6.04. The average molecular weight is 277 g/mol. The van der Waals surface area contributed by atoms with Crippen LogP contribution in [0.25, 0.3) is 0 Å². The molecule has 0 unspecified atom stereocenters. The molecule has 1 aromatic rings. The van der Waals surface area contributed by atoms with Crippen LogP contribution in [0.1, 0.15) is 42.4 Å². The van der Waals surface area contributed by atoms with Crippen molar-refractivity contribution >= 4 is 0 Å². The molecular weight excluding hydrogens is 250 g/mol. The minimum absolute atomic E-state index is 0.351. The van der Waals surface area contributed by atoms with Gasteiger partial charge in [0, 0.05) is 19.2 Å². The SMILES string of the molecule is COc1c(C)cc(CNC2CCC(CO)CC2)cc1C. The van der Waals surface area contributed by atoms with E-state index in [1.807, 2.05) is 0 Å². The van der Waals surface area contributed by atoms with Crippen LogP contribution in [0.5, 0.6) is 5.75 Å². The van der Waals surface area contributed by atoms with E-state index in [9.17, 15) is 0 Å². The predicted octanol–water partition coefficient (Wildman–Crippen LogP) is 2.95. The van der Waals surface area contributed by atoms with Gasteiger partial charge in [0.15, 0.2) is 0 Å². The molecule has 0 aliphatic heterocycles. The van der Waals surface area contributed by atoms with Crippen LogP contribution in [-0.4, -0.2) is 24.9 Å². The van der Waals surface area contributed by atoms with Gasteiger partial charge in [0.1, 0.15) is 5.75 Å². The van der Waals surface area contributed by atoms with E-state index >= 15 is 0 Å². The number of hydrogen-bond donors (Lipinski definition) is 2. The van der Waals surface area contributed by atoms with E-state index in [1.54, 1.807) is 7.11 Å². The molecular formula is C17H27NO2. The van der Waals surface area contributed by atoms with Gasteiger partial charge in [-0.15, -0.1) is 0 Å². The Kier molecular flexibility index (Phi) is 5.44. The molecule has 3 nitrogen and oxygen atoms in total. The van der Waals surface area contributed by atoms with Crippen molar-refractivity contribution in [1.29, 1.82) is 0 Å². The normalized spacial score (nSPS) is 22.8. The lowest BCUT2D eigenvalue weighted by atomic mass is 9.86.